The van der Waals surface area contributed by atoms with Crippen LogP contribution in [0.5, 0.6) is 5.75 Å². The topological polar surface area (TPSA) is 75.9 Å². The molecule has 35 heavy (non-hydrogen) atoms. The van der Waals surface area contributed by atoms with Gasteiger partial charge in [-0.1, -0.05) is 12.1 Å². The molecule has 2 aromatic carbocycles. The number of nitro groups is 1. The van der Waals surface area contributed by atoms with E-state index in [9.17, 15) is 28.1 Å². The lowest BCUT2D eigenvalue weighted by Gasteiger charge is -2.36. The van der Waals surface area contributed by atoms with E-state index in [0.717, 1.165) is 36.3 Å². The summed E-state index contributed by atoms with van der Waals surface area (Å²) in [6.07, 6.45) is -1.87. The average Bonchev–Trinajstić information content (AvgIpc) is 3.33. The Labute approximate surface area is 201 Å². The fourth-order valence-electron chi connectivity index (χ4n) is 5.05. The molecule has 2 fully saturated rings. The molecule has 0 N–H and O–H groups in total. The normalized spacial score (nSPS) is 19.1. The predicted molar refractivity (Wildman–Crippen MR) is 124 cm³/mol. The van der Waals surface area contributed by atoms with Gasteiger partial charge in [-0.2, -0.15) is 13.2 Å². The Kier molecular flexibility index (Phi) is 7.18. The van der Waals surface area contributed by atoms with Gasteiger partial charge in [-0.05, 0) is 62.4 Å². The van der Waals surface area contributed by atoms with Crippen molar-refractivity contribution in [1.29, 1.82) is 0 Å². The van der Waals surface area contributed by atoms with Gasteiger partial charge in [-0.25, -0.2) is 0 Å². The second-order valence-electron chi connectivity index (χ2n) is 8.91. The number of alkyl halides is 3. The molecule has 188 valence electrons. The van der Waals surface area contributed by atoms with Crippen LogP contribution in [-0.4, -0.2) is 42.0 Å². The number of hydrogen-bond acceptors (Lipinski definition) is 5. The molecule has 7 nitrogen and oxygen atoms in total. The minimum atomic E-state index is -4.65. The van der Waals surface area contributed by atoms with Gasteiger partial charge >= 0.3 is 6.18 Å². The van der Waals surface area contributed by atoms with Crippen LogP contribution in [0.15, 0.2) is 42.5 Å². The maximum atomic E-state index is 13.4. The zero-order valence-electron chi connectivity index (χ0n) is 19.5. The molecule has 0 spiro atoms. The summed E-state index contributed by atoms with van der Waals surface area (Å²) in [5, 5.41) is 11.5. The monoisotopic (exact) mass is 491 g/mol. The lowest BCUT2D eigenvalue weighted by atomic mass is 9.93. The Morgan fingerprint density at radius 2 is 1.77 bits per heavy atom. The Hall–Kier alpha value is -3.30. The largest absolute Gasteiger partial charge is 0.494 e. The zero-order chi connectivity index (χ0) is 25.2. The first-order valence-electron chi connectivity index (χ1n) is 11.8. The van der Waals surface area contributed by atoms with Crippen molar-refractivity contribution in [2.45, 2.75) is 44.8 Å². The van der Waals surface area contributed by atoms with Crippen LogP contribution in [0.2, 0.25) is 0 Å². The number of likely N-dealkylation sites (tertiary alicyclic amines) is 1. The summed E-state index contributed by atoms with van der Waals surface area (Å²) in [7, 11) is 0. The highest BCUT2D eigenvalue weighted by atomic mass is 19.4. The van der Waals surface area contributed by atoms with E-state index >= 15 is 0 Å². The zero-order valence-corrected chi connectivity index (χ0v) is 19.5. The second kappa shape index (κ2) is 10.1. The minimum Gasteiger partial charge on any atom is -0.494 e. The van der Waals surface area contributed by atoms with Gasteiger partial charge in [0.15, 0.2) is 0 Å². The number of halogens is 3. The number of carbonyl (C=O) groups excluding carboxylic acids is 1. The van der Waals surface area contributed by atoms with Crippen LogP contribution in [-0.2, 0) is 11.0 Å². The number of carbonyl (C=O) groups is 1. The van der Waals surface area contributed by atoms with Gasteiger partial charge in [0.2, 0.25) is 5.91 Å². The van der Waals surface area contributed by atoms with Crippen LogP contribution in [0.4, 0.5) is 24.5 Å². The van der Waals surface area contributed by atoms with Gasteiger partial charge in [-0.3, -0.25) is 14.9 Å². The van der Waals surface area contributed by atoms with Crippen molar-refractivity contribution in [3.63, 3.8) is 0 Å². The molecule has 10 heteroatoms. The molecular formula is C25H28F3N3O4. The van der Waals surface area contributed by atoms with Gasteiger partial charge in [-0.15, -0.1) is 0 Å². The molecule has 0 bridgehead atoms. The van der Waals surface area contributed by atoms with E-state index in [1.54, 1.807) is 4.90 Å². The van der Waals surface area contributed by atoms with E-state index in [1.807, 2.05) is 36.1 Å². The lowest BCUT2D eigenvalue weighted by Crippen LogP contribution is -2.42. The molecule has 1 amide bonds. The van der Waals surface area contributed by atoms with Crippen molar-refractivity contribution >= 4 is 17.3 Å². The molecule has 0 aliphatic carbocycles. The maximum absolute atomic E-state index is 13.4. The molecule has 2 aliphatic rings. The van der Waals surface area contributed by atoms with Gasteiger partial charge < -0.3 is 14.5 Å². The quantitative estimate of drug-likeness (QED) is 0.389. The SMILES string of the molecule is CCOc1ccc(C2CCCN2C(=O)C2CCN(c3ccc(C(F)(F)F)cc3[N+](=O)[O-])CC2)cc1. The fraction of sp³-hybridized carbons (Fsp3) is 0.480. The van der Waals surface area contributed by atoms with Gasteiger partial charge in [0.1, 0.15) is 11.4 Å². The second-order valence-corrected chi connectivity index (χ2v) is 8.91. The Balaban J connectivity index is 1.43. The molecule has 2 aromatic rings. The third-order valence-electron chi connectivity index (χ3n) is 6.80. The number of nitrogens with zero attached hydrogens (tertiary/aromatic N) is 3. The predicted octanol–water partition coefficient (Wildman–Crippen LogP) is 5.59. The summed E-state index contributed by atoms with van der Waals surface area (Å²) in [5.74, 6) is 0.642. The number of rotatable bonds is 6. The van der Waals surface area contributed by atoms with Gasteiger partial charge in [0.05, 0.1) is 23.1 Å². The van der Waals surface area contributed by atoms with Crippen LogP contribution in [0.3, 0.4) is 0 Å². The van der Waals surface area contributed by atoms with E-state index < -0.39 is 22.4 Å². The number of amides is 1. The Morgan fingerprint density at radius 3 is 2.37 bits per heavy atom. The summed E-state index contributed by atoms with van der Waals surface area (Å²) < 4.78 is 44.6. The first-order chi connectivity index (χ1) is 16.7. The molecule has 4 rings (SSSR count). The van der Waals surface area contributed by atoms with Crippen molar-refractivity contribution in [3.05, 3.63) is 63.7 Å². The average molecular weight is 492 g/mol. The molecule has 2 saturated heterocycles. The minimum absolute atomic E-state index is 0.00667. The molecule has 0 radical (unpaired) electrons. The van der Waals surface area contributed by atoms with Crippen molar-refractivity contribution in [2.75, 3.05) is 31.1 Å². The molecule has 1 unspecified atom stereocenters. The third kappa shape index (κ3) is 5.36. The van der Waals surface area contributed by atoms with E-state index in [4.69, 9.17) is 4.74 Å². The van der Waals surface area contributed by atoms with Crippen molar-refractivity contribution in [2.24, 2.45) is 5.92 Å². The lowest BCUT2D eigenvalue weighted by molar-refractivity contribution is -0.384. The number of ether oxygens (including phenoxy) is 1. The van der Waals surface area contributed by atoms with E-state index in [-0.39, 0.29) is 23.6 Å². The summed E-state index contributed by atoms with van der Waals surface area (Å²) in [4.78, 5) is 27.7. The standard InChI is InChI=1S/C25H28F3N3O4/c1-2-35-20-8-5-17(6-9-20)21-4-3-13-30(21)24(32)18-11-14-29(15-12-18)22-10-7-19(25(26,27)28)16-23(22)31(33)34/h5-10,16,18,21H,2-4,11-15H2,1H3. The van der Waals surface area contributed by atoms with Crippen molar-refractivity contribution in [1.82, 2.24) is 4.90 Å². The van der Waals surface area contributed by atoms with Crippen LogP contribution < -0.4 is 9.64 Å². The smallest absolute Gasteiger partial charge is 0.416 e. The van der Waals surface area contributed by atoms with Gasteiger partial charge in [0.25, 0.3) is 5.69 Å². The first kappa shape index (κ1) is 24.8. The number of anilines is 1. The summed E-state index contributed by atoms with van der Waals surface area (Å²) in [5.41, 5.74) is -0.397. The van der Waals surface area contributed by atoms with Crippen LogP contribution in [0.1, 0.15) is 49.8 Å². The van der Waals surface area contributed by atoms with Crippen molar-refractivity contribution < 1.29 is 27.6 Å². The molecular weight excluding hydrogens is 463 g/mol. The maximum Gasteiger partial charge on any atom is 0.416 e. The van der Waals surface area contributed by atoms with Crippen LogP contribution >= 0.6 is 0 Å². The van der Waals surface area contributed by atoms with Crippen molar-refractivity contribution in [3.8, 4) is 5.75 Å². The highest BCUT2D eigenvalue weighted by Gasteiger charge is 2.37. The van der Waals surface area contributed by atoms with E-state index in [1.165, 1.54) is 0 Å². The fourth-order valence-corrected chi connectivity index (χ4v) is 5.05. The van der Waals surface area contributed by atoms with Crippen LogP contribution in [0.25, 0.3) is 0 Å². The Bertz CT molecular complexity index is 1070. The summed E-state index contributed by atoms with van der Waals surface area (Å²) in [6, 6.07) is 10.4. The summed E-state index contributed by atoms with van der Waals surface area (Å²) in [6.45, 7) is 3.92. The number of nitro benzene ring substituents is 1. The highest BCUT2D eigenvalue weighted by Crippen LogP contribution is 2.39. The summed E-state index contributed by atoms with van der Waals surface area (Å²) >= 11 is 0. The highest BCUT2D eigenvalue weighted by molar-refractivity contribution is 5.80. The Morgan fingerprint density at radius 1 is 1.09 bits per heavy atom. The molecule has 2 heterocycles. The third-order valence-corrected chi connectivity index (χ3v) is 6.80. The molecule has 1 atom stereocenters. The van der Waals surface area contributed by atoms with E-state index in [0.29, 0.717) is 45.1 Å². The molecule has 0 aromatic heterocycles. The number of piperidine rings is 1. The molecule has 0 saturated carbocycles. The number of benzene rings is 2. The van der Waals surface area contributed by atoms with E-state index in [2.05, 4.69) is 0 Å². The number of hydrogen-bond donors (Lipinski definition) is 0. The molecule has 2 aliphatic heterocycles. The van der Waals surface area contributed by atoms with Gasteiger partial charge in [0, 0.05) is 31.6 Å². The first-order valence-corrected chi connectivity index (χ1v) is 11.8. The van der Waals surface area contributed by atoms with Crippen LogP contribution in [0, 0.1) is 16.0 Å².